The smallest absolute Gasteiger partial charge is 0.178 e. The molecule has 1 aromatic heterocycles. The number of benzene rings is 1. The molecule has 0 aliphatic rings. The van der Waals surface area contributed by atoms with Crippen molar-refractivity contribution in [2.24, 2.45) is 0 Å². The Labute approximate surface area is 112 Å². The molecule has 0 radical (unpaired) electrons. The van der Waals surface area contributed by atoms with Crippen LogP contribution in [0.25, 0.3) is 11.0 Å². The molecule has 0 aliphatic carbocycles. The van der Waals surface area contributed by atoms with E-state index < -0.39 is 0 Å². The number of rotatable bonds is 0. The Morgan fingerprint density at radius 1 is 1.38 bits per heavy atom. The monoisotopic (exact) mass is 350 g/mol. The number of hydrogen-bond acceptors (Lipinski definition) is 1. The van der Waals surface area contributed by atoms with Gasteiger partial charge in [-0.1, -0.05) is 0 Å². The summed E-state index contributed by atoms with van der Waals surface area (Å²) in [5.74, 6) is -0.208. The average molecular weight is 350 g/mol. The number of aromatic amines is 1. The largest absolute Gasteiger partial charge is 0.331 e. The van der Waals surface area contributed by atoms with Crippen LogP contribution in [0, 0.1) is 14.2 Å². The van der Waals surface area contributed by atoms with Crippen molar-refractivity contribution >= 4 is 45.8 Å². The highest BCUT2D eigenvalue weighted by atomic mass is 127. The molecule has 2 rings (SSSR count). The quantitative estimate of drug-likeness (QED) is 0.558. The van der Waals surface area contributed by atoms with Gasteiger partial charge in [0.2, 0.25) is 0 Å². The predicted octanol–water partition coefficient (Wildman–Crippen LogP) is 4.20. The van der Waals surface area contributed by atoms with Crippen molar-refractivity contribution in [2.45, 2.75) is 26.3 Å². The lowest BCUT2D eigenvalue weighted by Crippen LogP contribution is -2.21. The van der Waals surface area contributed by atoms with Crippen LogP contribution in [0.3, 0.4) is 0 Å². The lowest BCUT2D eigenvalue weighted by atomic mass is 10.1. The van der Waals surface area contributed by atoms with Crippen LogP contribution in [0.5, 0.6) is 0 Å². The van der Waals surface area contributed by atoms with Crippen molar-refractivity contribution in [1.29, 1.82) is 0 Å². The molecule has 1 N–H and O–H groups in total. The van der Waals surface area contributed by atoms with Gasteiger partial charge < -0.3 is 9.55 Å². The molecule has 1 heterocycles. The molecule has 0 atom stereocenters. The molecular formula is C11H12FIN2S. The number of aromatic nitrogens is 2. The first-order valence-corrected chi connectivity index (χ1v) is 6.39. The average Bonchev–Trinajstić information content (AvgIpc) is 2.40. The van der Waals surface area contributed by atoms with E-state index in [-0.39, 0.29) is 11.4 Å². The van der Waals surface area contributed by atoms with Gasteiger partial charge in [0, 0.05) is 11.6 Å². The zero-order valence-electron chi connectivity index (χ0n) is 9.27. The predicted molar refractivity (Wildman–Crippen MR) is 74.8 cm³/mol. The molecule has 0 bridgehead atoms. The van der Waals surface area contributed by atoms with Crippen molar-refractivity contribution in [1.82, 2.24) is 9.55 Å². The van der Waals surface area contributed by atoms with Crippen molar-refractivity contribution in [3.05, 3.63) is 26.3 Å². The highest BCUT2D eigenvalue weighted by Gasteiger charge is 2.18. The first-order chi connectivity index (χ1) is 7.30. The fourth-order valence-electron chi connectivity index (χ4n) is 1.77. The normalized spacial score (nSPS) is 12.3. The van der Waals surface area contributed by atoms with Crippen LogP contribution < -0.4 is 0 Å². The number of H-pyrrole nitrogens is 1. The summed E-state index contributed by atoms with van der Waals surface area (Å²) in [6, 6.07) is 3.32. The number of nitrogens with one attached hydrogen (secondary N) is 1. The minimum absolute atomic E-state index is 0.158. The van der Waals surface area contributed by atoms with Gasteiger partial charge in [-0.25, -0.2) is 4.39 Å². The molecule has 0 fully saturated rings. The molecule has 16 heavy (non-hydrogen) atoms. The Morgan fingerprint density at radius 3 is 2.56 bits per heavy atom. The van der Waals surface area contributed by atoms with Crippen molar-refractivity contribution in [2.75, 3.05) is 0 Å². The maximum absolute atomic E-state index is 13.6. The molecule has 2 nitrogen and oxygen atoms in total. The maximum atomic E-state index is 13.6. The summed E-state index contributed by atoms with van der Waals surface area (Å²) < 4.78 is 16.7. The van der Waals surface area contributed by atoms with Crippen LogP contribution in [0.2, 0.25) is 0 Å². The van der Waals surface area contributed by atoms with E-state index in [0.29, 0.717) is 8.34 Å². The van der Waals surface area contributed by atoms with Crippen LogP contribution in [0.15, 0.2) is 12.1 Å². The number of fused-ring (bicyclic) bond motifs is 1. The van der Waals surface area contributed by atoms with Crippen molar-refractivity contribution < 1.29 is 4.39 Å². The highest BCUT2D eigenvalue weighted by Crippen LogP contribution is 2.25. The lowest BCUT2D eigenvalue weighted by Gasteiger charge is -2.21. The molecule has 0 saturated heterocycles. The van der Waals surface area contributed by atoms with Gasteiger partial charge >= 0.3 is 0 Å². The topological polar surface area (TPSA) is 20.7 Å². The van der Waals surface area contributed by atoms with E-state index in [1.165, 1.54) is 6.07 Å². The van der Waals surface area contributed by atoms with Gasteiger partial charge in [-0.05, 0) is 61.6 Å². The van der Waals surface area contributed by atoms with Gasteiger partial charge in [-0.2, -0.15) is 0 Å². The van der Waals surface area contributed by atoms with Crippen LogP contribution in [-0.4, -0.2) is 9.55 Å². The highest BCUT2D eigenvalue weighted by molar-refractivity contribution is 14.1. The minimum atomic E-state index is -0.208. The van der Waals surface area contributed by atoms with Crippen LogP contribution in [-0.2, 0) is 5.54 Å². The summed E-state index contributed by atoms with van der Waals surface area (Å²) in [5.41, 5.74) is 1.54. The fraction of sp³-hybridized carbons (Fsp3) is 0.364. The molecule has 5 heteroatoms. The van der Waals surface area contributed by atoms with Gasteiger partial charge in [0.25, 0.3) is 0 Å². The maximum Gasteiger partial charge on any atom is 0.178 e. The zero-order valence-corrected chi connectivity index (χ0v) is 12.2. The Hall–Kier alpha value is -0.430. The van der Waals surface area contributed by atoms with Gasteiger partial charge in [0.05, 0.1) is 14.6 Å². The number of halogens is 2. The van der Waals surface area contributed by atoms with E-state index in [1.807, 2.05) is 47.9 Å². The Morgan fingerprint density at radius 2 is 2.00 bits per heavy atom. The third-order valence-corrected chi connectivity index (χ3v) is 3.51. The first-order valence-electron chi connectivity index (χ1n) is 4.91. The van der Waals surface area contributed by atoms with Crippen molar-refractivity contribution in [3.8, 4) is 0 Å². The second kappa shape index (κ2) is 3.80. The summed E-state index contributed by atoms with van der Waals surface area (Å²) in [5, 5.41) is 0. The van der Waals surface area contributed by atoms with Crippen LogP contribution >= 0.6 is 34.8 Å². The van der Waals surface area contributed by atoms with E-state index in [9.17, 15) is 4.39 Å². The number of imidazole rings is 1. The third-order valence-electron chi connectivity index (χ3n) is 2.40. The first kappa shape index (κ1) is 12.0. The van der Waals surface area contributed by atoms with Crippen molar-refractivity contribution in [3.63, 3.8) is 0 Å². The van der Waals surface area contributed by atoms with Gasteiger partial charge in [-0.15, -0.1) is 0 Å². The van der Waals surface area contributed by atoms with Crippen LogP contribution in [0.1, 0.15) is 20.8 Å². The SMILES string of the molecule is CC(C)(C)n1c(=S)[nH]c2cc(I)c(F)cc21. The van der Waals surface area contributed by atoms with E-state index in [2.05, 4.69) is 4.98 Å². The molecule has 0 amide bonds. The van der Waals surface area contributed by atoms with Crippen LogP contribution in [0.4, 0.5) is 4.39 Å². The molecule has 86 valence electrons. The molecule has 0 unspecified atom stereocenters. The number of nitrogens with zero attached hydrogens (tertiary/aromatic N) is 1. The molecule has 0 spiro atoms. The molecule has 1 aromatic carbocycles. The second-order valence-corrected chi connectivity index (χ2v) is 6.27. The number of hydrogen-bond donors (Lipinski definition) is 1. The lowest BCUT2D eigenvalue weighted by molar-refractivity contribution is 0.403. The summed E-state index contributed by atoms with van der Waals surface area (Å²) in [4.78, 5) is 3.11. The molecule has 0 saturated carbocycles. The Bertz CT molecular complexity index is 607. The fourth-order valence-corrected chi connectivity index (χ4v) is 2.72. The molecule has 2 aromatic rings. The summed E-state index contributed by atoms with van der Waals surface area (Å²) >= 11 is 7.25. The van der Waals surface area contributed by atoms with Gasteiger partial charge in [0.1, 0.15) is 5.82 Å². The van der Waals surface area contributed by atoms with E-state index in [1.54, 1.807) is 6.07 Å². The molecule has 0 aliphatic heterocycles. The van der Waals surface area contributed by atoms with Gasteiger partial charge in [0.15, 0.2) is 4.77 Å². The molecular weight excluding hydrogens is 338 g/mol. The summed E-state index contributed by atoms with van der Waals surface area (Å²) in [6.07, 6.45) is 0. The standard InChI is InChI=1S/C11H12FIN2S/c1-11(2,3)15-9-4-6(12)7(13)5-8(9)14-10(15)16/h4-5H,1-3H3,(H,14,16). The second-order valence-electron chi connectivity index (χ2n) is 4.72. The summed E-state index contributed by atoms with van der Waals surface area (Å²) in [7, 11) is 0. The Kier molecular flexibility index (Phi) is 2.86. The summed E-state index contributed by atoms with van der Waals surface area (Å²) in [6.45, 7) is 6.14. The van der Waals surface area contributed by atoms with Gasteiger partial charge in [-0.3, -0.25) is 0 Å². The van der Waals surface area contributed by atoms with E-state index >= 15 is 0 Å². The zero-order chi connectivity index (χ0) is 12.1. The van der Waals surface area contributed by atoms with E-state index in [4.69, 9.17) is 12.2 Å². The third kappa shape index (κ3) is 1.90. The van der Waals surface area contributed by atoms with E-state index in [0.717, 1.165) is 11.0 Å². The Balaban J connectivity index is 2.90. The minimum Gasteiger partial charge on any atom is -0.331 e.